The SMILES string of the molecule is FC(F)Oc1ccc2ncc(Br)c(Br)c2c1. The molecule has 0 saturated heterocycles. The number of fused-ring (bicyclic) bond motifs is 1. The number of benzene rings is 1. The minimum atomic E-state index is -2.82. The van der Waals surface area contributed by atoms with Gasteiger partial charge in [0.15, 0.2) is 0 Å². The number of pyridine rings is 1. The van der Waals surface area contributed by atoms with Crippen molar-refractivity contribution in [3.63, 3.8) is 0 Å². The predicted molar refractivity (Wildman–Crippen MR) is 63.8 cm³/mol. The first-order valence-corrected chi connectivity index (χ1v) is 5.85. The zero-order chi connectivity index (χ0) is 11.7. The number of hydrogen-bond donors (Lipinski definition) is 0. The third kappa shape index (κ3) is 2.32. The Morgan fingerprint density at radius 1 is 1.25 bits per heavy atom. The molecule has 2 rings (SSSR count). The number of nitrogens with zero attached hydrogens (tertiary/aromatic N) is 1. The Morgan fingerprint density at radius 3 is 2.69 bits per heavy atom. The van der Waals surface area contributed by atoms with Crippen LogP contribution < -0.4 is 4.74 Å². The van der Waals surface area contributed by atoms with Gasteiger partial charge in [-0.05, 0) is 50.1 Å². The van der Waals surface area contributed by atoms with Gasteiger partial charge in [0.25, 0.3) is 0 Å². The third-order valence-electron chi connectivity index (χ3n) is 1.96. The van der Waals surface area contributed by atoms with E-state index in [1.807, 2.05) is 0 Å². The van der Waals surface area contributed by atoms with E-state index in [0.717, 1.165) is 8.95 Å². The molecule has 0 bridgehead atoms. The number of aromatic nitrogens is 1. The molecule has 0 atom stereocenters. The molecule has 0 spiro atoms. The number of hydrogen-bond acceptors (Lipinski definition) is 2. The lowest BCUT2D eigenvalue weighted by atomic mass is 10.2. The van der Waals surface area contributed by atoms with Gasteiger partial charge in [-0.15, -0.1) is 0 Å². The fourth-order valence-corrected chi connectivity index (χ4v) is 2.03. The number of ether oxygens (including phenoxy) is 1. The van der Waals surface area contributed by atoms with Gasteiger partial charge in [0, 0.05) is 16.1 Å². The molecule has 1 aromatic carbocycles. The smallest absolute Gasteiger partial charge is 0.387 e. The molecule has 0 saturated carbocycles. The van der Waals surface area contributed by atoms with Crippen LogP contribution in [0, 0.1) is 0 Å². The molecule has 16 heavy (non-hydrogen) atoms. The highest BCUT2D eigenvalue weighted by Crippen LogP contribution is 2.32. The van der Waals surface area contributed by atoms with Gasteiger partial charge in [0.2, 0.25) is 0 Å². The largest absolute Gasteiger partial charge is 0.435 e. The van der Waals surface area contributed by atoms with E-state index in [9.17, 15) is 8.78 Å². The van der Waals surface area contributed by atoms with Crippen LogP contribution in [-0.2, 0) is 0 Å². The Hall–Kier alpha value is -0.750. The minimum absolute atomic E-state index is 0.114. The van der Waals surface area contributed by atoms with Crippen molar-refractivity contribution in [3.05, 3.63) is 33.3 Å². The van der Waals surface area contributed by atoms with Gasteiger partial charge in [-0.1, -0.05) is 0 Å². The summed E-state index contributed by atoms with van der Waals surface area (Å²) in [5.41, 5.74) is 0.705. The summed E-state index contributed by atoms with van der Waals surface area (Å²) in [6, 6.07) is 4.61. The highest BCUT2D eigenvalue weighted by molar-refractivity contribution is 9.13. The zero-order valence-corrected chi connectivity index (χ0v) is 10.9. The predicted octanol–water partition coefficient (Wildman–Crippen LogP) is 4.36. The van der Waals surface area contributed by atoms with Crippen LogP contribution in [0.1, 0.15) is 0 Å². The van der Waals surface area contributed by atoms with Gasteiger partial charge in [0.1, 0.15) is 5.75 Å². The van der Waals surface area contributed by atoms with Crippen molar-refractivity contribution >= 4 is 42.8 Å². The summed E-state index contributed by atoms with van der Waals surface area (Å²) in [6.07, 6.45) is 1.64. The lowest BCUT2D eigenvalue weighted by Crippen LogP contribution is -2.01. The van der Waals surface area contributed by atoms with Crippen LogP contribution in [-0.4, -0.2) is 11.6 Å². The summed E-state index contributed by atoms with van der Waals surface area (Å²) in [4.78, 5) is 4.14. The van der Waals surface area contributed by atoms with Crippen molar-refractivity contribution in [3.8, 4) is 5.75 Å². The van der Waals surface area contributed by atoms with Crippen molar-refractivity contribution < 1.29 is 13.5 Å². The molecule has 0 aliphatic rings. The average molecular weight is 353 g/mol. The zero-order valence-electron chi connectivity index (χ0n) is 7.75. The number of alkyl halides is 2. The van der Waals surface area contributed by atoms with Crippen LogP contribution in [0.5, 0.6) is 5.75 Å². The Morgan fingerprint density at radius 2 is 2.00 bits per heavy atom. The standard InChI is InChI=1S/C10H5Br2F2NO/c11-7-4-15-8-2-1-5(16-10(13)14)3-6(8)9(7)12/h1-4,10H. The Balaban J connectivity index is 2.55. The van der Waals surface area contributed by atoms with Gasteiger partial charge in [0.05, 0.1) is 9.99 Å². The maximum atomic E-state index is 12.0. The first kappa shape index (κ1) is 11.7. The molecular formula is C10H5Br2F2NO. The van der Waals surface area contributed by atoms with Crippen LogP contribution in [0.2, 0.25) is 0 Å². The number of halogens is 4. The van der Waals surface area contributed by atoms with E-state index in [1.54, 1.807) is 12.3 Å². The summed E-state index contributed by atoms with van der Waals surface area (Å²) in [6.45, 7) is -2.82. The monoisotopic (exact) mass is 351 g/mol. The van der Waals surface area contributed by atoms with Crippen molar-refractivity contribution in [2.75, 3.05) is 0 Å². The van der Waals surface area contributed by atoms with Gasteiger partial charge in [-0.2, -0.15) is 8.78 Å². The van der Waals surface area contributed by atoms with E-state index < -0.39 is 6.61 Å². The molecule has 0 radical (unpaired) electrons. The maximum absolute atomic E-state index is 12.0. The van der Waals surface area contributed by atoms with Gasteiger partial charge in [-0.25, -0.2) is 0 Å². The van der Waals surface area contributed by atoms with E-state index in [-0.39, 0.29) is 5.75 Å². The van der Waals surface area contributed by atoms with E-state index in [0.29, 0.717) is 10.9 Å². The minimum Gasteiger partial charge on any atom is -0.435 e. The molecule has 1 heterocycles. The molecule has 0 aliphatic heterocycles. The van der Waals surface area contributed by atoms with Crippen LogP contribution in [0.25, 0.3) is 10.9 Å². The molecule has 2 nitrogen and oxygen atoms in total. The molecule has 2 aromatic rings. The van der Waals surface area contributed by atoms with Gasteiger partial charge >= 0.3 is 6.61 Å². The summed E-state index contributed by atoms with van der Waals surface area (Å²) in [5.74, 6) is 0.114. The van der Waals surface area contributed by atoms with Crippen molar-refractivity contribution in [2.24, 2.45) is 0 Å². The van der Waals surface area contributed by atoms with E-state index in [4.69, 9.17) is 0 Å². The highest BCUT2D eigenvalue weighted by atomic mass is 79.9. The molecule has 1 aromatic heterocycles. The molecule has 84 valence electrons. The maximum Gasteiger partial charge on any atom is 0.387 e. The average Bonchev–Trinajstić information content (AvgIpc) is 2.23. The normalized spacial score (nSPS) is 11.1. The quantitative estimate of drug-likeness (QED) is 0.801. The molecule has 0 fully saturated rings. The molecular weight excluding hydrogens is 348 g/mol. The van der Waals surface area contributed by atoms with Crippen molar-refractivity contribution in [1.82, 2.24) is 4.98 Å². The first-order valence-electron chi connectivity index (χ1n) is 4.26. The van der Waals surface area contributed by atoms with Crippen LogP contribution in [0.3, 0.4) is 0 Å². The van der Waals surface area contributed by atoms with Crippen molar-refractivity contribution in [2.45, 2.75) is 6.61 Å². The summed E-state index contributed by atoms with van der Waals surface area (Å²) < 4.78 is 29.9. The van der Waals surface area contributed by atoms with E-state index in [2.05, 4.69) is 41.6 Å². The summed E-state index contributed by atoms with van der Waals surface area (Å²) >= 11 is 6.64. The third-order valence-corrected chi connectivity index (χ3v) is 3.94. The molecule has 0 N–H and O–H groups in total. The van der Waals surface area contributed by atoms with Crippen LogP contribution >= 0.6 is 31.9 Å². The number of rotatable bonds is 2. The molecule has 0 amide bonds. The Bertz CT molecular complexity index is 533. The molecule has 0 unspecified atom stereocenters. The molecule has 6 heteroatoms. The summed E-state index contributed by atoms with van der Waals surface area (Å²) in [5, 5.41) is 0.715. The molecule has 0 aliphatic carbocycles. The first-order chi connectivity index (χ1) is 7.58. The fourth-order valence-electron chi connectivity index (χ4n) is 1.29. The Labute approximate surface area is 107 Å². The lowest BCUT2D eigenvalue weighted by molar-refractivity contribution is -0.0497. The van der Waals surface area contributed by atoms with Gasteiger partial charge in [-0.3, -0.25) is 4.98 Å². The fraction of sp³-hybridized carbons (Fsp3) is 0.100. The van der Waals surface area contributed by atoms with Gasteiger partial charge < -0.3 is 4.74 Å². The second-order valence-corrected chi connectivity index (χ2v) is 4.62. The van der Waals surface area contributed by atoms with E-state index >= 15 is 0 Å². The summed E-state index contributed by atoms with van der Waals surface area (Å²) in [7, 11) is 0. The van der Waals surface area contributed by atoms with Crippen LogP contribution in [0.4, 0.5) is 8.78 Å². The van der Waals surface area contributed by atoms with Crippen molar-refractivity contribution in [1.29, 1.82) is 0 Å². The highest BCUT2D eigenvalue weighted by Gasteiger charge is 2.08. The topological polar surface area (TPSA) is 22.1 Å². The lowest BCUT2D eigenvalue weighted by Gasteiger charge is -2.07. The second kappa shape index (κ2) is 4.63. The second-order valence-electron chi connectivity index (χ2n) is 2.98. The van der Waals surface area contributed by atoms with Crippen LogP contribution in [0.15, 0.2) is 33.3 Å². The van der Waals surface area contributed by atoms with E-state index in [1.165, 1.54) is 12.1 Å². The Kier molecular flexibility index (Phi) is 3.39.